The van der Waals surface area contributed by atoms with E-state index in [1.165, 1.54) is 0 Å². The number of rotatable bonds is 12. The molecular weight excluding hydrogens is 536 g/mol. The minimum Gasteiger partial charge on any atom is -0.354 e. The Morgan fingerprint density at radius 2 is 1.21 bits per heavy atom. The lowest BCUT2D eigenvalue weighted by Gasteiger charge is -2.23. The molecule has 2 aromatic heterocycles. The highest BCUT2D eigenvalue weighted by Crippen LogP contribution is 2.26. The number of imidazole rings is 2. The summed E-state index contributed by atoms with van der Waals surface area (Å²) in [5, 5.41) is 10.6. The molecule has 0 saturated heterocycles. The number of amides is 2. The van der Waals surface area contributed by atoms with Crippen LogP contribution in [0.4, 0.5) is 0 Å². The molecule has 8 nitrogen and oxygen atoms in total. The molecule has 0 radical (unpaired) electrons. The summed E-state index contributed by atoms with van der Waals surface area (Å²) in [5.41, 5.74) is 3.77. The lowest BCUT2D eigenvalue weighted by Crippen LogP contribution is -2.50. The van der Waals surface area contributed by atoms with Crippen LogP contribution in [0.1, 0.15) is 22.5 Å². The van der Waals surface area contributed by atoms with Gasteiger partial charge in [0.15, 0.2) is 0 Å². The van der Waals surface area contributed by atoms with Gasteiger partial charge in [-0.1, -0.05) is 84.9 Å². The van der Waals surface area contributed by atoms with Crippen molar-refractivity contribution in [3.63, 3.8) is 0 Å². The number of benzene rings is 4. The fraction of sp³-hybridized carbons (Fsp3) is 0.200. The largest absolute Gasteiger partial charge is 0.354 e. The highest BCUT2D eigenvalue weighted by Gasteiger charge is 2.28. The molecule has 4 aromatic carbocycles. The van der Waals surface area contributed by atoms with E-state index < -0.39 is 12.0 Å². The highest BCUT2D eigenvalue weighted by atomic mass is 16.2. The van der Waals surface area contributed by atoms with Gasteiger partial charge in [-0.25, -0.2) is 9.97 Å². The predicted molar refractivity (Wildman–Crippen MR) is 168 cm³/mol. The Labute approximate surface area is 250 Å². The van der Waals surface area contributed by atoms with Gasteiger partial charge in [-0.3, -0.25) is 9.59 Å². The normalized spacial score (nSPS) is 12.0. The van der Waals surface area contributed by atoms with Crippen LogP contribution in [-0.4, -0.2) is 44.3 Å². The van der Waals surface area contributed by atoms with Crippen molar-refractivity contribution in [1.82, 2.24) is 30.6 Å². The minimum absolute atomic E-state index is 0.163. The smallest absolute Gasteiger partial charge is 0.242 e. The standard InChI is InChI=1S/C35H34N6O2/c42-34(41-33(19-30-21-37-23-40-30)35(43)38-16-15-29-20-36-22-39-29)28(17-26-11-5-9-24-7-1-3-13-31(24)26)18-27-12-6-10-25-8-2-4-14-32(25)27/h1-14,20-23,28,33H,15-19H2,(H,36,39)(H,37,40)(H,38,43)(H,41,42)/t33-/m0/s1. The van der Waals surface area contributed by atoms with E-state index in [4.69, 9.17) is 0 Å². The van der Waals surface area contributed by atoms with Crippen molar-refractivity contribution in [2.24, 2.45) is 5.92 Å². The van der Waals surface area contributed by atoms with Gasteiger partial charge in [0, 0.05) is 37.7 Å². The van der Waals surface area contributed by atoms with Gasteiger partial charge in [0.1, 0.15) is 6.04 Å². The van der Waals surface area contributed by atoms with Gasteiger partial charge in [-0.15, -0.1) is 0 Å². The van der Waals surface area contributed by atoms with E-state index in [1.54, 1.807) is 25.0 Å². The molecule has 0 aliphatic rings. The molecule has 0 bridgehead atoms. The lowest BCUT2D eigenvalue weighted by molar-refractivity contribution is -0.131. The van der Waals surface area contributed by atoms with Crippen molar-refractivity contribution in [1.29, 1.82) is 0 Å². The molecule has 0 aliphatic carbocycles. The van der Waals surface area contributed by atoms with Gasteiger partial charge in [-0.2, -0.15) is 0 Å². The maximum Gasteiger partial charge on any atom is 0.242 e. The lowest BCUT2D eigenvalue weighted by atomic mass is 9.87. The molecule has 0 aliphatic heterocycles. The summed E-state index contributed by atoms with van der Waals surface area (Å²) in [6, 6.07) is 28.1. The van der Waals surface area contributed by atoms with Crippen LogP contribution in [0.5, 0.6) is 0 Å². The Morgan fingerprint density at radius 1 is 0.651 bits per heavy atom. The van der Waals surface area contributed by atoms with Crippen LogP contribution in [-0.2, 0) is 35.3 Å². The van der Waals surface area contributed by atoms with Crippen molar-refractivity contribution in [3.8, 4) is 0 Å². The maximum absolute atomic E-state index is 14.2. The Bertz CT molecular complexity index is 1720. The summed E-state index contributed by atoms with van der Waals surface area (Å²) >= 11 is 0. The van der Waals surface area contributed by atoms with Gasteiger partial charge in [0.05, 0.1) is 24.0 Å². The zero-order valence-electron chi connectivity index (χ0n) is 23.8. The fourth-order valence-electron chi connectivity index (χ4n) is 5.70. The van der Waals surface area contributed by atoms with E-state index in [2.05, 4.69) is 79.1 Å². The molecule has 2 amide bonds. The third-order valence-electron chi connectivity index (χ3n) is 7.90. The molecule has 6 aromatic rings. The second-order valence-corrected chi connectivity index (χ2v) is 10.8. The number of hydrogen-bond donors (Lipinski definition) is 4. The molecule has 8 heteroatoms. The Kier molecular flexibility index (Phi) is 8.54. The number of nitrogens with one attached hydrogen (secondary N) is 4. The van der Waals surface area contributed by atoms with Crippen LogP contribution in [0.25, 0.3) is 21.5 Å². The van der Waals surface area contributed by atoms with E-state index in [-0.39, 0.29) is 18.2 Å². The summed E-state index contributed by atoms with van der Waals surface area (Å²) < 4.78 is 0. The number of nitrogens with zero attached hydrogens (tertiary/aromatic N) is 2. The van der Waals surface area contributed by atoms with Crippen LogP contribution in [0.15, 0.2) is 110 Å². The van der Waals surface area contributed by atoms with Gasteiger partial charge in [0.25, 0.3) is 0 Å². The average Bonchev–Trinajstić information content (AvgIpc) is 3.75. The zero-order valence-corrected chi connectivity index (χ0v) is 23.8. The quantitative estimate of drug-likeness (QED) is 0.167. The first-order valence-corrected chi connectivity index (χ1v) is 14.6. The Hall–Kier alpha value is -5.24. The number of carbonyl (C=O) groups is 2. The van der Waals surface area contributed by atoms with E-state index in [0.29, 0.717) is 31.5 Å². The number of H-pyrrole nitrogens is 2. The van der Waals surface area contributed by atoms with Crippen molar-refractivity contribution in [2.45, 2.75) is 31.7 Å². The number of hydrogen-bond acceptors (Lipinski definition) is 4. The second-order valence-electron chi connectivity index (χ2n) is 10.8. The number of aromatic amines is 2. The first-order chi connectivity index (χ1) is 21.1. The predicted octanol–water partition coefficient (Wildman–Crippen LogP) is 4.93. The molecule has 0 saturated carbocycles. The van der Waals surface area contributed by atoms with Crippen molar-refractivity contribution in [3.05, 3.63) is 132 Å². The first-order valence-electron chi connectivity index (χ1n) is 14.6. The third-order valence-corrected chi connectivity index (χ3v) is 7.90. The summed E-state index contributed by atoms with van der Waals surface area (Å²) in [7, 11) is 0. The van der Waals surface area contributed by atoms with Gasteiger partial charge < -0.3 is 20.6 Å². The zero-order chi connectivity index (χ0) is 29.4. The first kappa shape index (κ1) is 27.9. The molecule has 0 fully saturated rings. The summed E-state index contributed by atoms with van der Waals surface area (Å²) in [6.45, 7) is 0.409. The van der Waals surface area contributed by atoms with Crippen LogP contribution >= 0.6 is 0 Å². The molecular formula is C35H34N6O2. The Morgan fingerprint density at radius 3 is 1.79 bits per heavy atom. The van der Waals surface area contributed by atoms with Crippen LogP contribution < -0.4 is 10.6 Å². The van der Waals surface area contributed by atoms with E-state index in [1.807, 2.05) is 36.4 Å². The van der Waals surface area contributed by atoms with Crippen molar-refractivity contribution in [2.75, 3.05) is 6.54 Å². The summed E-state index contributed by atoms with van der Waals surface area (Å²) in [4.78, 5) is 42.0. The molecule has 1 atom stereocenters. The molecule has 6 rings (SSSR count). The molecule has 43 heavy (non-hydrogen) atoms. The second kappa shape index (κ2) is 13.2. The highest BCUT2D eigenvalue weighted by molar-refractivity contribution is 5.91. The van der Waals surface area contributed by atoms with Gasteiger partial charge in [0.2, 0.25) is 11.8 Å². The van der Waals surface area contributed by atoms with Crippen LogP contribution in [0.3, 0.4) is 0 Å². The third kappa shape index (κ3) is 6.81. The SMILES string of the molecule is O=C(N[C@@H](Cc1c[nH]cn1)C(=O)NCCc1c[nH]cn1)C(Cc1cccc2ccccc12)Cc1cccc2ccccc12. The maximum atomic E-state index is 14.2. The number of aromatic nitrogens is 4. The van der Waals surface area contributed by atoms with E-state index in [0.717, 1.165) is 38.4 Å². The van der Waals surface area contributed by atoms with E-state index in [9.17, 15) is 9.59 Å². The fourth-order valence-corrected chi connectivity index (χ4v) is 5.70. The van der Waals surface area contributed by atoms with E-state index >= 15 is 0 Å². The molecule has 2 heterocycles. The van der Waals surface area contributed by atoms with Crippen molar-refractivity contribution < 1.29 is 9.59 Å². The van der Waals surface area contributed by atoms with Crippen LogP contribution in [0, 0.1) is 5.92 Å². The van der Waals surface area contributed by atoms with Crippen LogP contribution in [0.2, 0.25) is 0 Å². The molecule has 216 valence electrons. The molecule has 0 spiro atoms. The summed E-state index contributed by atoms with van der Waals surface area (Å²) in [6.07, 6.45) is 8.68. The molecule has 4 N–H and O–H groups in total. The summed E-state index contributed by atoms with van der Waals surface area (Å²) in [5.74, 6) is -0.819. The van der Waals surface area contributed by atoms with Gasteiger partial charge >= 0.3 is 0 Å². The minimum atomic E-state index is -0.780. The topological polar surface area (TPSA) is 116 Å². The Balaban J connectivity index is 1.27. The molecule has 0 unspecified atom stereocenters. The monoisotopic (exact) mass is 570 g/mol. The van der Waals surface area contributed by atoms with Crippen molar-refractivity contribution >= 4 is 33.4 Å². The number of fused-ring (bicyclic) bond motifs is 2. The van der Waals surface area contributed by atoms with Gasteiger partial charge in [-0.05, 0) is 45.5 Å². The average molecular weight is 571 g/mol. The number of carbonyl (C=O) groups excluding carboxylic acids is 2.